The van der Waals surface area contributed by atoms with Crippen molar-refractivity contribution in [1.82, 2.24) is 5.32 Å². The van der Waals surface area contributed by atoms with E-state index in [0.717, 1.165) is 0 Å². The first-order valence-electron chi connectivity index (χ1n) is 4.67. The van der Waals surface area contributed by atoms with E-state index >= 15 is 0 Å². The topological polar surface area (TPSA) is 21.3 Å². The van der Waals surface area contributed by atoms with Crippen LogP contribution in [0.4, 0.5) is 4.39 Å². The molecule has 0 aliphatic rings. The monoisotopic (exact) mass is 207 g/mol. The summed E-state index contributed by atoms with van der Waals surface area (Å²) in [7, 11) is 3.26. The number of ether oxygens (including phenoxy) is 1. The lowest BCUT2D eigenvalue weighted by Crippen LogP contribution is -2.18. The van der Waals surface area contributed by atoms with Crippen molar-refractivity contribution in [3.8, 4) is 18.1 Å². The largest absolute Gasteiger partial charge is 0.496 e. The predicted molar refractivity (Wildman–Crippen MR) is 58.2 cm³/mol. The minimum absolute atomic E-state index is 0.217. The van der Waals surface area contributed by atoms with Crippen molar-refractivity contribution in [2.75, 3.05) is 14.2 Å². The normalized spacial score (nSPS) is 11.9. The Balaban J connectivity index is 3.15. The smallest absolute Gasteiger partial charge is 0.131 e. The fourth-order valence-corrected chi connectivity index (χ4v) is 1.50. The second-order valence-corrected chi connectivity index (χ2v) is 3.11. The van der Waals surface area contributed by atoms with E-state index in [4.69, 9.17) is 11.2 Å². The molecule has 0 aromatic heterocycles. The van der Waals surface area contributed by atoms with E-state index in [1.165, 1.54) is 13.2 Å². The van der Waals surface area contributed by atoms with Crippen LogP contribution in [0.1, 0.15) is 18.0 Å². The molecule has 0 amide bonds. The van der Waals surface area contributed by atoms with Gasteiger partial charge in [-0.15, -0.1) is 12.3 Å². The highest BCUT2D eigenvalue weighted by atomic mass is 19.1. The molecule has 0 saturated heterocycles. The zero-order valence-electron chi connectivity index (χ0n) is 8.88. The van der Waals surface area contributed by atoms with Crippen molar-refractivity contribution in [3.05, 3.63) is 29.6 Å². The standard InChI is InChI=1S/C12H14FNO/c1-4-6-10(14-2)12-9(13)7-5-8-11(12)15-3/h1,5,7-8,10,14H,6H2,2-3H3. The minimum Gasteiger partial charge on any atom is -0.496 e. The van der Waals surface area contributed by atoms with Gasteiger partial charge < -0.3 is 10.1 Å². The third kappa shape index (κ3) is 2.48. The molecular weight excluding hydrogens is 193 g/mol. The predicted octanol–water partition coefficient (Wildman–Crippen LogP) is 2.12. The van der Waals surface area contributed by atoms with E-state index in [1.807, 2.05) is 0 Å². The quantitative estimate of drug-likeness (QED) is 0.763. The van der Waals surface area contributed by atoms with Gasteiger partial charge in [0.25, 0.3) is 0 Å². The molecule has 1 N–H and O–H groups in total. The Morgan fingerprint density at radius 2 is 2.33 bits per heavy atom. The van der Waals surface area contributed by atoms with Crippen LogP contribution < -0.4 is 10.1 Å². The van der Waals surface area contributed by atoms with Gasteiger partial charge in [0.05, 0.1) is 7.11 Å². The van der Waals surface area contributed by atoms with E-state index in [9.17, 15) is 4.39 Å². The molecule has 1 rings (SSSR count). The van der Waals surface area contributed by atoms with Crippen LogP contribution in [0.2, 0.25) is 0 Å². The lowest BCUT2D eigenvalue weighted by atomic mass is 10.0. The summed E-state index contributed by atoms with van der Waals surface area (Å²) < 4.78 is 18.7. The molecule has 0 heterocycles. The Hall–Kier alpha value is -1.53. The number of terminal acetylenes is 1. The number of rotatable bonds is 4. The Bertz CT molecular complexity index is 370. The van der Waals surface area contributed by atoms with Crippen LogP contribution in [0, 0.1) is 18.2 Å². The van der Waals surface area contributed by atoms with E-state index in [-0.39, 0.29) is 11.9 Å². The third-order valence-corrected chi connectivity index (χ3v) is 2.25. The molecule has 0 aliphatic heterocycles. The molecule has 0 bridgehead atoms. The molecular formula is C12H14FNO. The molecule has 3 heteroatoms. The van der Waals surface area contributed by atoms with Gasteiger partial charge in [-0.05, 0) is 19.2 Å². The fourth-order valence-electron chi connectivity index (χ4n) is 1.50. The average Bonchev–Trinajstić information content (AvgIpc) is 2.26. The van der Waals surface area contributed by atoms with Crippen molar-refractivity contribution in [3.63, 3.8) is 0 Å². The first kappa shape index (κ1) is 11.5. The lowest BCUT2D eigenvalue weighted by molar-refractivity contribution is 0.394. The molecule has 0 radical (unpaired) electrons. The SMILES string of the molecule is C#CCC(NC)c1c(F)cccc1OC. The van der Waals surface area contributed by atoms with Crippen LogP contribution in [-0.4, -0.2) is 14.2 Å². The Kier molecular flexibility index (Phi) is 4.14. The van der Waals surface area contributed by atoms with Crippen molar-refractivity contribution >= 4 is 0 Å². The van der Waals surface area contributed by atoms with Crippen molar-refractivity contribution in [2.45, 2.75) is 12.5 Å². The summed E-state index contributed by atoms with van der Waals surface area (Å²) in [6.07, 6.45) is 5.66. The molecule has 2 nitrogen and oxygen atoms in total. The van der Waals surface area contributed by atoms with E-state index in [0.29, 0.717) is 17.7 Å². The maximum Gasteiger partial charge on any atom is 0.131 e. The molecule has 1 atom stereocenters. The van der Waals surface area contributed by atoms with Gasteiger partial charge in [-0.3, -0.25) is 0 Å². The highest BCUT2D eigenvalue weighted by molar-refractivity contribution is 5.37. The van der Waals surface area contributed by atoms with Gasteiger partial charge in [0, 0.05) is 18.0 Å². The van der Waals surface area contributed by atoms with Crippen molar-refractivity contribution in [2.24, 2.45) is 0 Å². The van der Waals surface area contributed by atoms with Crippen molar-refractivity contribution in [1.29, 1.82) is 0 Å². The average molecular weight is 207 g/mol. The zero-order chi connectivity index (χ0) is 11.3. The van der Waals surface area contributed by atoms with Gasteiger partial charge in [0.1, 0.15) is 11.6 Å². The number of methoxy groups -OCH3 is 1. The zero-order valence-corrected chi connectivity index (χ0v) is 8.88. The molecule has 0 saturated carbocycles. The van der Waals surface area contributed by atoms with Gasteiger partial charge in [0.2, 0.25) is 0 Å². The number of hydrogen-bond acceptors (Lipinski definition) is 2. The molecule has 15 heavy (non-hydrogen) atoms. The molecule has 1 aromatic rings. The minimum atomic E-state index is -0.302. The van der Waals surface area contributed by atoms with Crippen LogP contribution in [0.25, 0.3) is 0 Å². The number of hydrogen-bond donors (Lipinski definition) is 1. The summed E-state index contributed by atoms with van der Waals surface area (Å²) in [5.74, 6) is 2.73. The summed E-state index contributed by atoms with van der Waals surface area (Å²) in [6, 6.07) is 4.52. The Morgan fingerprint density at radius 3 is 2.87 bits per heavy atom. The summed E-state index contributed by atoms with van der Waals surface area (Å²) >= 11 is 0. The molecule has 1 aromatic carbocycles. The molecule has 1 unspecified atom stereocenters. The Morgan fingerprint density at radius 1 is 1.60 bits per heavy atom. The van der Waals surface area contributed by atoms with Gasteiger partial charge in [0.15, 0.2) is 0 Å². The van der Waals surface area contributed by atoms with Crippen molar-refractivity contribution < 1.29 is 9.13 Å². The first-order valence-corrected chi connectivity index (χ1v) is 4.67. The van der Waals surface area contributed by atoms with E-state index in [1.54, 1.807) is 19.2 Å². The summed E-state index contributed by atoms with van der Waals surface area (Å²) in [4.78, 5) is 0. The van der Waals surface area contributed by atoms with Crippen LogP contribution >= 0.6 is 0 Å². The fraction of sp³-hybridized carbons (Fsp3) is 0.333. The van der Waals surface area contributed by atoms with Crippen LogP contribution in [0.15, 0.2) is 18.2 Å². The lowest BCUT2D eigenvalue weighted by Gasteiger charge is -2.17. The number of nitrogens with one attached hydrogen (secondary N) is 1. The van der Waals surface area contributed by atoms with Crippen LogP contribution in [0.5, 0.6) is 5.75 Å². The van der Waals surface area contributed by atoms with Crippen LogP contribution in [0.3, 0.4) is 0 Å². The van der Waals surface area contributed by atoms with E-state index < -0.39 is 0 Å². The van der Waals surface area contributed by atoms with E-state index in [2.05, 4.69) is 11.2 Å². The van der Waals surface area contributed by atoms with Gasteiger partial charge in [-0.25, -0.2) is 4.39 Å². The highest BCUT2D eigenvalue weighted by Gasteiger charge is 2.17. The highest BCUT2D eigenvalue weighted by Crippen LogP contribution is 2.29. The number of benzene rings is 1. The third-order valence-electron chi connectivity index (χ3n) is 2.25. The van der Waals surface area contributed by atoms with Gasteiger partial charge in [-0.2, -0.15) is 0 Å². The maximum absolute atomic E-state index is 13.6. The Labute approximate surface area is 89.4 Å². The maximum atomic E-state index is 13.6. The number of halogens is 1. The molecule has 80 valence electrons. The molecule has 0 spiro atoms. The van der Waals surface area contributed by atoms with Gasteiger partial charge >= 0.3 is 0 Å². The first-order chi connectivity index (χ1) is 7.24. The summed E-state index contributed by atoms with van der Waals surface area (Å²) in [5.41, 5.74) is 0.487. The second kappa shape index (κ2) is 5.38. The van der Waals surface area contributed by atoms with Crippen LogP contribution in [-0.2, 0) is 0 Å². The second-order valence-electron chi connectivity index (χ2n) is 3.11. The molecule has 0 aliphatic carbocycles. The summed E-state index contributed by atoms with van der Waals surface area (Å²) in [5, 5.41) is 2.97. The van der Waals surface area contributed by atoms with Gasteiger partial charge in [-0.1, -0.05) is 6.07 Å². The molecule has 0 fully saturated rings. The summed E-state index contributed by atoms with van der Waals surface area (Å²) in [6.45, 7) is 0.